The largest absolute Gasteiger partial charge is 0.497 e. The first-order valence-electron chi connectivity index (χ1n) is 11.4. The summed E-state index contributed by atoms with van der Waals surface area (Å²) in [6.45, 7) is 9.64. The molecule has 0 bridgehead atoms. The highest BCUT2D eigenvalue weighted by Gasteiger charge is 2.18. The summed E-state index contributed by atoms with van der Waals surface area (Å²) in [6, 6.07) is 14.2. The fraction of sp³-hybridized carbons (Fsp3) is 0.500. The average Bonchev–Trinajstić information content (AvgIpc) is 3.03. The molecular formula is C26H36N2O3. The van der Waals surface area contributed by atoms with Crippen LogP contribution in [-0.2, 0) is 11.2 Å². The van der Waals surface area contributed by atoms with Gasteiger partial charge in [-0.25, -0.2) is 0 Å². The zero-order valence-electron chi connectivity index (χ0n) is 19.2. The van der Waals surface area contributed by atoms with Crippen LogP contribution >= 0.6 is 0 Å². The minimum atomic E-state index is 0.260. The van der Waals surface area contributed by atoms with Crippen molar-refractivity contribution in [2.75, 3.05) is 46.4 Å². The number of hydrogen-bond acceptors (Lipinski definition) is 4. The SMILES string of the molecule is COc1ccc(CCC(=O)N2CCCN(CCCOc3ccc(C)c(C)c3)CC2)cc1. The molecule has 1 heterocycles. The fourth-order valence-corrected chi connectivity index (χ4v) is 3.93. The van der Waals surface area contributed by atoms with Gasteiger partial charge < -0.3 is 19.3 Å². The molecule has 3 rings (SSSR count). The Kier molecular flexibility index (Phi) is 8.77. The van der Waals surface area contributed by atoms with E-state index in [1.54, 1.807) is 7.11 Å². The molecule has 1 aliphatic rings. The van der Waals surface area contributed by atoms with Crippen molar-refractivity contribution in [1.29, 1.82) is 0 Å². The van der Waals surface area contributed by atoms with Crippen LogP contribution < -0.4 is 9.47 Å². The third-order valence-electron chi connectivity index (χ3n) is 6.09. The van der Waals surface area contributed by atoms with Crippen molar-refractivity contribution in [2.24, 2.45) is 0 Å². The van der Waals surface area contributed by atoms with Gasteiger partial charge in [0.1, 0.15) is 11.5 Å². The molecule has 1 aliphatic heterocycles. The highest BCUT2D eigenvalue weighted by atomic mass is 16.5. The number of aryl methyl sites for hydroxylation is 3. The van der Waals surface area contributed by atoms with Crippen LogP contribution in [0.25, 0.3) is 0 Å². The monoisotopic (exact) mass is 424 g/mol. The van der Waals surface area contributed by atoms with E-state index < -0.39 is 0 Å². The predicted octanol–water partition coefficient (Wildman–Crippen LogP) is 4.25. The standard InChI is InChI=1S/C26H36N2O3/c1-21-6-10-25(20-22(21)2)31-19-5-15-27-14-4-16-28(18-17-27)26(29)13-9-23-7-11-24(30-3)12-8-23/h6-8,10-12,20H,4-5,9,13-19H2,1-3H3. The number of amides is 1. The normalized spacial score (nSPS) is 14.9. The van der Waals surface area contributed by atoms with Gasteiger partial charge in [0, 0.05) is 32.6 Å². The molecule has 2 aromatic carbocycles. The number of methoxy groups -OCH3 is 1. The molecule has 1 amide bonds. The van der Waals surface area contributed by atoms with Gasteiger partial charge >= 0.3 is 0 Å². The van der Waals surface area contributed by atoms with Gasteiger partial charge in [-0.15, -0.1) is 0 Å². The summed E-state index contributed by atoms with van der Waals surface area (Å²) in [6.07, 6.45) is 3.37. The van der Waals surface area contributed by atoms with E-state index in [4.69, 9.17) is 9.47 Å². The molecule has 31 heavy (non-hydrogen) atoms. The van der Waals surface area contributed by atoms with Gasteiger partial charge in [0.25, 0.3) is 0 Å². The highest BCUT2D eigenvalue weighted by molar-refractivity contribution is 5.76. The molecule has 0 aromatic heterocycles. The zero-order valence-corrected chi connectivity index (χ0v) is 19.2. The molecule has 0 spiro atoms. The maximum Gasteiger partial charge on any atom is 0.222 e. The molecule has 5 heteroatoms. The van der Waals surface area contributed by atoms with Crippen molar-refractivity contribution in [1.82, 2.24) is 9.80 Å². The summed E-state index contributed by atoms with van der Waals surface area (Å²) >= 11 is 0. The Bertz CT molecular complexity index is 835. The second-order valence-electron chi connectivity index (χ2n) is 8.37. The van der Waals surface area contributed by atoms with Crippen LogP contribution in [0.15, 0.2) is 42.5 Å². The number of carbonyl (C=O) groups is 1. The molecule has 0 atom stereocenters. The number of hydrogen-bond donors (Lipinski definition) is 0. The van der Waals surface area contributed by atoms with E-state index in [2.05, 4.69) is 30.9 Å². The summed E-state index contributed by atoms with van der Waals surface area (Å²) in [7, 11) is 1.67. The lowest BCUT2D eigenvalue weighted by Crippen LogP contribution is -2.35. The molecule has 0 N–H and O–H groups in total. The molecule has 0 radical (unpaired) electrons. The van der Waals surface area contributed by atoms with Crippen molar-refractivity contribution in [3.05, 3.63) is 59.2 Å². The molecule has 0 unspecified atom stereocenters. The molecular weight excluding hydrogens is 388 g/mol. The molecule has 1 saturated heterocycles. The highest BCUT2D eigenvalue weighted by Crippen LogP contribution is 2.17. The first-order valence-corrected chi connectivity index (χ1v) is 11.4. The van der Waals surface area contributed by atoms with Crippen LogP contribution in [0.2, 0.25) is 0 Å². The maximum atomic E-state index is 12.7. The number of ether oxygens (including phenoxy) is 2. The van der Waals surface area contributed by atoms with Crippen molar-refractivity contribution < 1.29 is 14.3 Å². The Hall–Kier alpha value is -2.53. The van der Waals surface area contributed by atoms with E-state index in [0.29, 0.717) is 6.42 Å². The van der Waals surface area contributed by atoms with Crippen LogP contribution in [-0.4, -0.2) is 62.1 Å². The Balaban J connectivity index is 1.35. The Labute approximate surface area is 187 Å². The summed E-state index contributed by atoms with van der Waals surface area (Å²) in [4.78, 5) is 17.2. The Morgan fingerprint density at radius 1 is 0.935 bits per heavy atom. The predicted molar refractivity (Wildman–Crippen MR) is 125 cm³/mol. The number of carbonyl (C=O) groups excluding carboxylic acids is 1. The first kappa shape index (κ1) is 23.1. The molecule has 0 aliphatic carbocycles. The summed E-state index contributed by atoms with van der Waals surface area (Å²) in [5.41, 5.74) is 3.73. The maximum absolute atomic E-state index is 12.7. The van der Waals surface area contributed by atoms with Gasteiger partial charge in [-0.3, -0.25) is 4.79 Å². The average molecular weight is 425 g/mol. The fourth-order valence-electron chi connectivity index (χ4n) is 3.93. The second kappa shape index (κ2) is 11.8. The van der Waals surface area contributed by atoms with Crippen LogP contribution in [0.3, 0.4) is 0 Å². The van der Waals surface area contributed by atoms with E-state index in [0.717, 1.165) is 70.1 Å². The quantitative estimate of drug-likeness (QED) is 0.565. The number of benzene rings is 2. The lowest BCUT2D eigenvalue weighted by molar-refractivity contribution is -0.131. The topological polar surface area (TPSA) is 42.0 Å². The van der Waals surface area contributed by atoms with Gasteiger partial charge in [-0.1, -0.05) is 18.2 Å². The second-order valence-corrected chi connectivity index (χ2v) is 8.37. The molecule has 1 fully saturated rings. The van der Waals surface area contributed by atoms with Crippen LogP contribution in [0.4, 0.5) is 0 Å². The number of nitrogens with zero attached hydrogens (tertiary/aromatic N) is 2. The van der Waals surface area contributed by atoms with Crippen molar-refractivity contribution in [3.63, 3.8) is 0 Å². The van der Waals surface area contributed by atoms with Crippen molar-refractivity contribution in [2.45, 2.75) is 39.5 Å². The lowest BCUT2D eigenvalue weighted by Gasteiger charge is -2.22. The summed E-state index contributed by atoms with van der Waals surface area (Å²) in [5.74, 6) is 2.06. The third-order valence-corrected chi connectivity index (χ3v) is 6.09. The van der Waals surface area contributed by atoms with Gasteiger partial charge in [0.2, 0.25) is 5.91 Å². The minimum Gasteiger partial charge on any atom is -0.497 e. The third kappa shape index (κ3) is 7.28. The molecule has 0 saturated carbocycles. The molecule has 2 aromatic rings. The van der Waals surface area contributed by atoms with Crippen LogP contribution in [0.1, 0.15) is 36.0 Å². The van der Waals surface area contributed by atoms with Gasteiger partial charge in [-0.05, 0) is 80.6 Å². The zero-order chi connectivity index (χ0) is 22.1. The van der Waals surface area contributed by atoms with Crippen LogP contribution in [0.5, 0.6) is 11.5 Å². The smallest absolute Gasteiger partial charge is 0.222 e. The summed E-state index contributed by atoms with van der Waals surface area (Å²) in [5, 5.41) is 0. The first-order chi connectivity index (χ1) is 15.0. The van der Waals surface area contributed by atoms with Crippen LogP contribution in [0, 0.1) is 13.8 Å². The van der Waals surface area contributed by atoms with E-state index in [1.807, 2.05) is 35.2 Å². The van der Waals surface area contributed by atoms with Gasteiger partial charge in [0.05, 0.1) is 13.7 Å². The molecule has 5 nitrogen and oxygen atoms in total. The van der Waals surface area contributed by atoms with Crippen molar-refractivity contribution in [3.8, 4) is 11.5 Å². The Morgan fingerprint density at radius 2 is 1.71 bits per heavy atom. The summed E-state index contributed by atoms with van der Waals surface area (Å²) < 4.78 is 11.1. The minimum absolute atomic E-state index is 0.260. The van der Waals surface area contributed by atoms with Gasteiger partial charge in [0.15, 0.2) is 0 Å². The molecule has 168 valence electrons. The van der Waals surface area contributed by atoms with Crippen molar-refractivity contribution >= 4 is 5.91 Å². The van der Waals surface area contributed by atoms with Gasteiger partial charge in [-0.2, -0.15) is 0 Å². The lowest BCUT2D eigenvalue weighted by atomic mass is 10.1. The number of rotatable bonds is 9. The van der Waals surface area contributed by atoms with E-state index >= 15 is 0 Å². The van der Waals surface area contributed by atoms with E-state index in [-0.39, 0.29) is 5.91 Å². The van der Waals surface area contributed by atoms with E-state index in [9.17, 15) is 4.79 Å². The van der Waals surface area contributed by atoms with E-state index in [1.165, 1.54) is 16.7 Å². The Morgan fingerprint density at radius 3 is 2.45 bits per heavy atom.